The normalized spacial score (nSPS) is 11.8. The van der Waals surface area contributed by atoms with Crippen molar-refractivity contribution in [1.29, 1.82) is 0 Å². The summed E-state index contributed by atoms with van der Waals surface area (Å²) in [4.78, 5) is -0.296. The Morgan fingerprint density at radius 2 is 2.10 bits per heavy atom. The van der Waals surface area contributed by atoms with E-state index in [0.717, 1.165) is 18.4 Å². The largest absolute Gasteiger partial charge is 0.313 e. The number of nitrogens with one attached hydrogen (secondary N) is 1. The van der Waals surface area contributed by atoms with Gasteiger partial charge in [0.1, 0.15) is 10.7 Å². The molecule has 0 spiro atoms. The highest BCUT2D eigenvalue weighted by molar-refractivity contribution is 7.90. The molecule has 2 rings (SSSR count). The Labute approximate surface area is 123 Å². The summed E-state index contributed by atoms with van der Waals surface area (Å²) in [6, 6.07) is 4.08. The fourth-order valence-corrected chi connectivity index (χ4v) is 2.85. The lowest BCUT2D eigenvalue weighted by Gasteiger charge is -2.05. The molecule has 7 heteroatoms. The predicted molar refractivity (Wildman–Crippen MR) is 79.1 cm³/mol. The van der Waals surface area contributed by atoms with E-state index in [9.17, 15) is 12.8 Å². The van der Waals surface area contributed by atoms with E-state index in [1.807, 2.05) is 13.1 Å². The minimum absolute atomic E-state index is 0.296. The average molecular weight is 311 g/mol. The summed E-state index contributed by atoms with van der Waals surface area (Å²) in [7, 11) is -1.77. The number of nitrogens with zero attached hydrogens (tertiary/aromatic N) is 2. The number of hydrogen-bond acceptors (Lipinski definition) is 4. The molecule has 0 unspecified atom stereocenters. The van der Waals surface area contributed by atoms with Crippen LogP contribution >= 0.6 is 0 Å². The molecule has 114 valence electrons. The van der Waals surface area contributed by atoms with Gasteiger partial charge < -0.3 is 5.32 Å². The van der Waals surface area contributed by atoms with Gasteiger partial charge in [-0.1, -0.05) is 13.0 Å². The van der Waals surface area contributed by atoms with E-state index >= 15 is 0 Å². The van der Waals surface area contributed by atoms with Crippen LogP contribution in [0.25, 0.3) is 11.3 Å². The van der Waals surface area contributed by atoms with Crippen LogP contribution in [0.15, 0.2) is 29.3 Å². The molecule has 0 fully saturated rings. The van der Waals surface area contributed by atoms with Crippen LogP contribution in [0.2, 0.25) is 0 Å². The van der Waals surface area contributed by atoms with Crippen molar-refractivity contribution in [2.75, 3.05) is 12.8 Å². The smallest absolute Gasteiger partial charge is 0.178 e. The van der Waals surface area contributed by atoms with Gasteiger partial charge in [-0.2, -0.15) is 5.10 Å². The minimum atomic E-state index is -3.56. The third-order valence-corrected chi connectivity index (χ3v) is 4.20. The van der Waals surface area contributed by atoms with Crippen LogP contribution in [-0.2, 0) is 23.4 Å². The monoisotopic (exact) mass is 311 g/mol. The van der Waals surface area contributed by atoms with Crippen molar-refractivity contribution >= 4 is 9.84 Å². The molecule has 0 aliphatic rings. The number of benzene rings is 1. The Hall–Kier alpha value is -1.73. The molecule has 0 radical (unpaired) electrons. The minimum Gasteiger partial charge on any atom is -0.313 e. The molecule has 1 N–H and O–H groups in total. The average Bonchev–Trinajstić information content (AvgIpc) is 2.76. The summed E-state index contributed by atoms with van der Waals surface area (Å²) < 4.78 is 38.5. The van der Waals surface area contributed by atoms with Crippen molar-refractivity contribution in [3.8, 4) is 11.3 Å². The van der Waals surface area contributed by atoms with Crippen molar-refractivity contribution in [1.82, 2.24) is 15.1 Å². The molecule has 1 aromatic carbocycles. The van der Waals surface area contributed by atoms with Gasteiger partial charge in [-0.05, 0) is 18.7 Å². The molecule has 0 bridgehead atoms. The Kier molecular flexibility index (Phi) is 4.43. The zero-order valence-electron chi connectivity index (χ0n) is 12.2. The number of halogens is 1. The number of aryl methyl sites for hydroxylation is 1. The molecule has 0 aliphatic heterocycles. The van der Waals surface area contributed by atoms with Gasteiger partial charge in [-0.3, -0.25) is 4.68 Å². The SMILES string of the molecule is CCNCc1cn(C)nc1-c1ccc(S(C)(=O)=O)c(F)c1. The van der Waals surface area contributed by atoms with Gasteiger partial charge in [0.25, 0.3) is 0 Å². The lowest BCUT2D eigenvalue weighted by molar-refractivity contribution is 0.571. The van der Waals surface area contributed by atoms with Crippen LogP contribution < -0.4 is 5.32 Å². The third-order valence-electron chi connectivity index (χ3n) is 3.07. The van der Waals surface area contributed by atoms with Crippen LogP contribution in [0.3, 0.4) is 0 Å². The number of rotatable bonds is 5. The highest BCUT2D eigenvalue weighted by atomic mass is 32.2. The summed E-state index contributed by atoms with van der Waals surface area (Å²) in [6.45, 7) is 3.43. The maximum atomic E-state index is 14.0. The molecule has 0 saturated heterocycles. The second-order valence-electron chi connectivity index (χ2n) is 4.87. The zero-order valence-corrected chi connectivity index (χ0v) is 13.0. The third kappa shape index (κ3) is 3.48. The topological polar surface area (TPSA) is 64.0 Å². The van der Waals surface area contributed by atoms with E-state index in [1.165, 1.54) is 12.1 Å². The molecule has 0 amide bonds. The first-order valence-corrected chi connectivity index (χ1v) is 8.45. The fraction of sp³-hybridized carbons (Fsp3) is 0.357. The van der Waals surface area contributed by atoms with Crippen LogP contribution in [0.1, 0.15) is 12.5 Å². The second kappa shape index (κ2) is 5.95. The maximum absolute atomic E-state index is 14.0. The number of aromatic nitrogens is 2. The van der Waals surface area contributed by atoms with Crippen molar-refractivity contribution in [3.05, 3.63) is 35.8 Å². The highest BCUT2D eigenvalue weighted by Crippen LogP contribution is 2.25. The van der Waals surface area contributed by atoms with Crippen LogP contribution in [-0.4, -0.2) is 31.0 Å². The lowest BCUT2D eigenvalue weighted by atomic mass is 10.1. The molecular weight excluding hydrogens is 293 g/mol. The first-order chi connectivity index (χ1) is 9.82. The maximum Gasteiger partial charge on any atom is 0.178 e. The van der Waals surface area contributed by atoms with Crippen LogP contribution in [0.4, 0.5) is 4.39 Å². The van der Waals surface area contributed by atoms with E-state index in [2.05, 4.69) is 10.4 Å². The van der Waals surface area contributed by atoms with Crippen molar-refractivity contribution < 1.29 is 12.8 Å². The quantitative estimate of drug-likeness (QED) is 0.913. The predicted octanol–water partition coefficient (Wildman–Crippen LogP) is 1.74. The highest BCUT2D eigenvalue weighted by Gasteiger charge is 2.16. The van der Waals surface area contributed by atoms with Crippen LogP contribution in [0, 0.1) is 5.82 Å². The first kappa shape index (κ1) is 15.7. The molecule has 0 aliphatic carbocycles. The van der Waals surface area contributed by atoms with Crippen molar-refractivity contribution in [2.45, 2.75) is 18.4 Å². The van der Waals surface area contributed by atoms with E-state index in [-0.39, 0.29) is 4.90 Å². The Balaban J connectivity index is 2.46. The van der Waals surface area contributed by atoms with Crippen molar-refractivity contribution in [3.63, 3.8) is 0 Å². The van der Waals surface area contributed by atoms with E-state index < -0.39 is 15.7 Å². The van der Waals surface area contributed by atoms with Crippen molar-refractivity contribution in [2.24, 2.45) is 7.05 Å². The van der Waals surface area contributed by atoms with Gasteiger partial charge >= 0.3 is 0 Å². The molecule has 2 aromatic rings. The second-order valence-corrected chi connectivity index (χ2v) is 6.86. The summed E-state index contributed by atoms with van der Waals surface area (Å²) in [5, 5.41) is 7.52. The molecule has 1 heterocycles. The Morgan fingerprint density at radius 3 is 2.67 bits per heavy atom. The van der Waals surface area contributed by atoms with E-state index in [1.54, 1.807) is 17.8 Å². The van der Waals surface area contributed by atoms with Gasteiger partial charge in [0.2, 0.25) is 0 Å². The molecule has 0 saturated carbocycles. The first-order valence-electron chi connectivity index (χ1n) is 6.56. The molecule has 21 heavy (non-hydrogen) atoms. The van der Waals surface area contributed by atoms with Gasteiger partial charge in [0.05, 0.1) is 5.69 Å². The zero-order chi connectivity index (χ0) is 15.6. The fourth-order valence-electron chi connectivity index (χ4n) is 2.12. The van der Waals surface area contributed by atoms with Crippen LogP contribution in [0.5, 0.6) is 0 Å². The molecule has 1 aromatic heterocycles. The standard InChI is InChI=1S/C14H18FN3O2S/c1-4-16-8-11-9-18(2)17-14(11)10-5-6-13(12(15)7-10)21(3,19)20/h5-7,9,16H,4,8H2,1-3H3. The summed E-state index contributed by atoms with van der Waals surface area (Å²) in [6.07, 6.45) is 2.85. The number of sulfone groups is 1. The summed E-state index contributed by atoms with van der Waals surface area (Å²) >= 11 is 0. The Bertz CT molecular complexity index is 754. The summed E-state index contributed by atoms with van der Waals surface area (Å²) in [5.74, 6) is -0.755. The van der Waals surface area contributed by atoms with Gasteiger partial charge in [0.15, 0.2) is 9.84 Å². The molecular formula is C14H18FN3O2S. The van der Waals surface area contributed by atoms with Gasteiger partial charge in [0, 0.05) is 37.2 Å². The van der Waals surface area contributed by atoms with E-state index in [4.69, 9.17) is 0 Å². The summed E-state index contributed by atoms with van der Waals surface area (Å²) in [5.41, 5.74) is 2.15. The number of hydrogen-bond donors (Lipinski definition) is 1. The van der Waals surface area contributed by atoms with Gasteiger partial charge in [-0.25, -0.2) is 12.8 Å². The Morgan fingerprint density at radius 1 is 1.38 bits per heavy atom. The molecule has 5 nitrogen and oxygen atoms in total. The van der Waals surface area contributed by atoms with E-state index in [0.29, 0.717) is 17.8 Å². The van der Waals surface area contributed by atoms with Gasteiger partial charge in [-0.15, -0.1) is 0 Å². The molecule has 0 atom stereocenters. The lowest BCUT2D eigenvalue weighted by Crippen LogP contribution is -2.11.